The summed E-state index contributed by atoms with van der Waals surface area (Å²) in [6, 6.07) is 0.834. The van der Waals surface area contributed by atoms with Crippen molar-refractivity contribution in [1.82, 2.24) is 4.90 Å². The van der Waals surface area contributed by atoms with Gasteiger partial charge in [0.1, 0.15) is 0 Å². The molecule has 0 aliphatic carbocycles. The van der Waals surface area contributed by atoms with Gasteiger partial charge in [0.2, 0.25) is 0 Å². The predicted molar refractivity (Wildman–Crippen MR) is 91.1 cm³/mol. The van der Waals surface area contributed by atoms with Crippen molar-refractivity contribution in [3.8, 4) is 0 Å². The van der Waals surface area contributed by atoms with Gasteiger partial charge in [-0.2, -0.15) is 0 Å². The average molecular weight is 332 g/mol. The van der Waals surface area contributed by atoms with Crippen molar-refractivity contribution >= 4 is 8.80 Å². The molecule has 0 N–H and O–H groups in total. The number of hydrogen-bond acceptors (Lipinski definition) is 5. The number of hydrogen-bond donors (Lipinski definition) is 0. The van der Waals surface area contributed by atoms with E-state index in [9.17, 15) is 0 Å². The molecule has 22 heavy (non-hydrogen) atoms. The molecule has 0 aromatic rings. The molecule has 0 saturated carbocycles. The molecule has 0 aromatic carbocycles. The van der Waals surface area contributed by atoms with Crippen molar-refractivity contribution < 1.29 is 18.0 Å². The summed E-state index contributed by atoms with van der Waals surface area (Å²) >= 11 is 0. The van der Waals surface area contributed by atoms with E-state index in [2.05, 4.69) is 18.4 Å². The van der Waals surface area contributed by atoms with Crippen LogP contribution in [0.1, 0.15) is 33.6 Å². The molecule has 1 heterocycles. The number of nitrogens with zero attached hydrogens (tertiary/aromatic N) is 1. The first-order valence-electron chi connectivity index (χ1n) is 8.56. The highest BCUT2D eigenvalue weighted by Gasteiger charge is 2.43. The largest absolute Gasteiger partial charge is 0.501 e. The second-order valence-electron chi connectivity index (χ2n) is 5.52. The van der Waals surface area contributed by atoms with Crippen LogP contribution in [0.5, 0.6) is 0 Å². The van der Waals surface area contributed by atoms with E-state index in [1.165, 1.54) is 0 Å². The standard InChI is InChI=1S/C16H33NO4Si/c1-5-10-17(11-6-2)14-16-15-18-12-9-13-22(21-16,19-7-3)20-8-4/h5,16H,1,6-15H2,2-4H3. The maximum Gasteiger partial charge on any atom is 0.501 e. The molecule has 5 nitrogen and oxygen atoms in total. The molecule has 0 bridgehead atoms. The van der Waals surface area contributed by atoms with Crippen molar-refractivity contribution in [2.24, 2.45) is 0 Å². The summed E-state index contributed by atoms with van der Waals surface area (Å²) in [5, 5.41) is 0. The van der Waals surface area contributed by atoms with Crippen LogP contribution < -0.4 is 0 Å². The van der Waals surface area contributed by atoms with Gasteiger partial charge in [0.25, 0.3) is 0 Å². The van der Waals surface area contributed by atoms with Crippen molar-refractivity contribution in [2.75, 3.05) is 46.1 Å². The fraction of sp³-hybridized carbons (Fsp3) is 0.875. The summed E-state index contributed by atoms with van der Waals surface area (Å²) in [7, 11) is -2.57. The van der Waals surface area contributed by atoms with E-state index in [1.807, 2.05) is 19.9 Å². The van der Waals surface area contributed by atoms with Gasteiger partial charge in [0.05, 0.1) is 12.7 Å². The first-order chi connectivity index (χ1) is 10.7. The van der Waals surface area contributed by atoms with Gasteiger partial charge < -0.3 is 18.0 Å². The molecule has 1 aliphatic heterocycles. The van der Waals surface area contributed by atoms with Crippen LogP contribution in [-0.4, -0.2) is 65.9 Å². The Morgan fingerprint density at radius 2 is 2.00 bits per heavy atom. The van der Waals surface area contributed by atoms with Crippen LogP contribution in [0, 0.1) is 0 Å². The van der Waals surface area contributed by atoms with Crippen LogP contribution in [0.3, 0.4) is 0 Å². The van der Waals surface area contributed by atoms with E-state index in [0.29, 0.717) is 19.8 Å². The highest BCUT2D eigenvalue weighted by molar-refractivity contribution is 6.60. The van der Waals surface area contributed by atoms with Gasteiger partial charge >= 0.3 is 8.80 Å². The second-order valence-corrected chi connectivity index (χ2v) is 8.19. The molecule has 1 rings (SSSR count). The van der Waals surface area contributed by atoms with Crippen molar-refractivity contribution in [3.63, 3.8) is 0 Å². The molecule has 1 unspecified atom stereocenters. The van der Waals surface area contributed by atoms with E-state index in [4.69, 9.17) is 18.0 Å². The zero-order valence-electron chi connectivity index (χ0n) is 14.5. The molecule has 130 valence electrons. The van der Waals surface area contributed by atoms with Gasteiger partial charge in [-0.3, -0.25) is 4.90 Å². The molecule has 0 radical (unpaired) electrons. The molecular weight excluding hydrogens is 298 g/mol. The van der Waals surface area contributed by atoms with Gasteiger partial charge in [-0.15, -0.1) is 6.58 Å². The van der Waals surface area contributed by atoms with E-state index in [1.54, 1.807) is 0 Å². The van der Waals surface area contributed by atoms with E-state index >= 15 is 0 Å². The maximum absolute atomic E-state index is 6.38. The van der Waals surface area contributed by atoms with Crippen molar-refractivity contribution in [1.29, 1.82) is 0 Å². The summed E-state index contributed by atoms with van der Waals surface area (Å²) in [5.41, 5.74) is 0. The minimum Gasteiger partial charge on any atom is -0.379 e. The van der Waals surface area contributed by atoms with Crippen LogP contribution in [0.25, 0.3) is 0 Å². The zero-order valence-corrected chi connectivity index (χ0v) is 15.5. The SMILES string of the molecule is C=CCN(CCC)CC1COCCC[Si](OCC)(OCC)O1. The lowest BCUT2D eigenvalue weighted by Crippen LogP contribution is -2.53. The third kappa shape index (κ3) is 6.89. The highest BCUT2D eigenvalue weighted by atomic mass is 28.4. The highest BCUT2D eigenvalue weighted by Crippen LogP contribution is 2.23. The zero-order chi connectivity index (χ0) is 16.3. The summed E-state index contributed by atoms with van der Waals surface area (Å²) in [6.07, 6.45) is 3.98. The smallest absolute Gasteiger partial charge is 0.379 e. The Kier molecular flexibility index (Phi) is 10.2. The van der Waals surface area contributed by atoms with Crippen molar-refractivity contribution in [2.45, 2.75) is 45.8 Å². The predicted octanol–water partition coefficient (Wildman–Crippen LogP) is 2.70. The topological polar surface area (TPSA) is 40.2 Å². The average Bonchev–Trinajstić information content (AvgIpc) is 2.45. The molecule has 0 spiro atoms. The third-order valence-corrected chi connectivity index (χ3v) is 6.65. The Balaban J connectivity index is 2.74. The molecule has 1 atom stereocenters. The molecule has 1 fully saturated rings. The molecule has 0 aromatic heterocycles. The molecule has 6 heteroatoms. The maximum atomic E-state index is 6.38. The third-order valence-electron chi connectivity index (χ3n) is 3.54. The van der Waals surface area contributed by atoms with Gasteiger partial charge in [-0.1, -0.05) is 13.0 Å². The lowest BCUT2D eigenvalue weighted by molar-refractivity contribution is -0.0353. The number of ether oxygens (including phenoxy) is 1. The monoisotopic (exact) mass is 331 g/mol. The van der Waals surface area contributed by atoms with Crippen LogP contribution in [0.2, 0.25) is 6.04 Å². The Morgan fingerprint density at radius 3 is 2.59 bits per heavy atom. The summed E-state index contributed by atoms with van der Waals surface area (Å²) in [5.74, 6) is 0. The van der Waals surface area contributed by atoms with Gasteiger partial charge in [0, 0.05) is 39.0 Å². The molecule has 1 aliphatic rings. The van der Waals surface area contributed by atoms with Gasteiger partial charge in [-0.05, 0) is 33.2 Å². The van der Waals surface area contributed by atoms with Gasteiger partial charge in [0.15, 0.2) is 0 Å². The molecule has 1 saturated heterocycles. The lowest BCUT2D eigenvalue weighted by Gasteiger charge is -2.36. The van der Waals surface area contributed by atoms with E-state index in [-0.39, 0.29) is 6.10 Å². The Bertz CT molecular complexity index is 298. The Labute approximate surface area is 136 Å². The molecule has 0 amide bonds. The summed E-state index contributed by atoms with van der Waals surface area (Å²) in [4.78, 5) is 2.35. The minimum atomic E-state index is -2.57. The summed E-state index contributed by atoms with van der Waals surface area (Å²) < 4.78 is 24.1. The fourth-order valence-corrected chi connectivity index (χ4v) is 5.51. The quantitative estimate of drug-likeness (QED) is 0.455. The van der Waals surface area contributed by atoms with Crippen LogP contribution in [-0.2, 0) is 18.0 Å². The fourth-order valence-electron chi connectivity index (χ4n) is 2.78. The van der Waals surface area contributed by atoms with E-state index in [0.717, 1.165) is 45.1 Å². The van der Waals surface area contributed by atoms with Crippen LogP contribution in [0.4, 0.5) is 0 Å². The first-order valence-corrected chi connectivity index (χ1v) is 10.5. The number of rotatable bonds is 10. The van der Waals surface area contributed by atoms with Crippen molar-refractivity contribution in [3.05, 3.63) is 12.7 Å². The Hall–Kier alpha value is -0.243. The normalized spacial score (nSPS) is 22.3. The van der Waals surface area contributed by atoms with E-state index < -0.39 is 8.80 Å². The molecular formula is C16H33NO4Si. The summed E-state index contributed by atoms with van der Waals surface area (Å²) in [6.45, 7) is 15.4. The Morgan fingerprint density at radius 1 is 1.27 bits per heavy atom. The van der Waals surface area contributed by atoms with Gasteiger partial charge in [-0.25, -0.2) is 0 Å². The lowest BCUT2D eigenvalue weighted by atomic mass is 10.3. The van der Waals surface area contributed by atoms with Crippen LogP contribution >= 0.6 is 0 Å². The van der Waals surface area contributed by atoms with Crippen LogP contribution in [0.15, 0.2) is 12.7 Å². The minimum absolute atomic E-state index is 0.00318. The second kappa shape index (κ2) is 11.3. The first kappa shape index (κ1) is 19.8.